The molecule has 0 aliphatic carbocycles. The normalized spacial score (nSPS) is 18.7. The predicted octanol–water partition coefficient (Wildman–Crippen LogP) is 1.60. The number of hydrogen-bond acceptors (Lipinski definition) is 4. The maximum Gasteiger partial charge on any atom is 0.317 e. The van der Waals surface area contributed by atoms with E-state index in [9.17, 15) is 4.79 Å². The maximum atomic E-state index is 12.2. The minimum atomic E-state index is 0.0738. The van der Waals surface area contributed by atoms with Gasteiger partial charge in [-0.15, -0.1) is 0 Å². The van der Waals surface area contributed by atoms with Crippen LogP contribution in [0.2, 0.25) is 0 Å². The molecule has 1 fully saturated rings. The minimum Gasteiger partial charge on any atom is -0.376 e. The summed E-state index contributed by atoms with van der Waals surface area (Å²) < 4.78 is 7.80. The Morgan fingerprint density at radius 2 is 2.12 bits per heavy atom. The number of aryl methyl sites for hydroxylation is 1. The summed E-state index contributed by atoms with van der Waals surface area (Å²) in [7, 11) is 0. The van der Waals surface area contributed by atoms with Crippen LogP contribution in [0.3, 0.4) is 0 Å². The van der Waals surface area contributed by atoms with Gasteiger partial charge in [-0.1, -0.05) is 6.92 Å². The first kappa shape index (κ1) is 18.2. The van der Waals surface area contributed by atoms with Crippen LogP contribution in [0.5, 0.6) is 0 Å². The number of nitrogens with zero attached hydrogens (tertiary/aromatic N) is 4. The fourth-order valence-corrected chi connectivity index (χ4v) is 3.65. The van der Waals surface area contributed by atoms with Crippen molar-refractivity contribution in [1.29, 1.82) is 0 Å². The molecule has 1 N–H and O–H groups in total. The van der Waals surface area contributed by atoms with Crippen molar-refractivity contribution < 1.29 is 9.53 Å². The molecule has 1 aromatic rings. The third-order valence-corrected chi connectivity index (χ3v) is 5.05. The van der Waals surface area contributed by atoms with E-state index in [1.807, 2.05) is 4.90 Å². The highest BCUT2D eigenvalue weighted by molar-refractivity contribution is 5.74. The van der Waals surface area contributed by atoms with Gasteiger partial charge in [-0.05, 0) is 19.8 Å². The van der Waals surface area contributed by atoms with E-state index in [1.165, 1.54) is 11.3 Å². The van der Waals surface area contributed by atoms with E-state index >= 15 is 0 Å². The van der Waals surface area contributed by atoms with Crippen molar-refractivity contribution in [2.75, 3.05) is 39.3 Å². The second-order valence-electron chi connectivity index (χ2n) is 6.84. The number of fused-ring (bicyclic) bond motifs is 1. The Morgan fingerprint density at radius 1 is 1.24 bits per heavy atom. The summed E-state index contributed by atoms with van der Waals surface area (Å²) in [5, 5.41) is 7.81. The monoisotopic (exact) mass is 349 g/mol. The Morgan fingerprint density at radius 3 is 2.92 bits per heavy atom. The molecule has 0 radical (unpaired) electrons. The van der Waals surface area contributed by atoms with E-state index in [0.29, 0.717) is 6.61 Å². The van der Waals surface area contributed by atoms with Crippen molar-refractivity contribution in [1.82, 2.24) is 24.9 Å². The lowest BCUT2D eigenvalue weighted by molar-refractivity contribution is 0.107. The Bertz CT molecular complexity index is 586. The van der Waals surface area contributed by atoms with Crippen molar-refractivity contribution in [2.45, 2.75) is 52.8 Å². The standard InChI is InChI=1S/C18H31N5O2/c1-3-7-19-18(24)22-9-5-8-21(10-11-22)13-16-15-14-25-12-6-17(15)23(4-2)20-16/h3-14H2,1-2H3,(H,19,24). The molecule has 0 saturated carbocycles. The van der Waals surface area contributed by atoms with E-state index < -0.39 is 0 Å². The average Bonchev–Trinajstić information content (AvgIpc) is 2.82. The molecule has 25 heavy (non-hydrogen) atoms. The number of nitrogens with one attached hydrogen (secondary N) is 1. The third kappa shape index (κ3) is 4.33. The van der Waals surface area contributed by atoms with Gasteiger partial charge in [0, 0.05) is 63.5 Å². The number of amides is 2. The number of carbonyl (C=O) groups is 1. The van der Waals surface area contributed by atoms with Crippen LogP contribution in [0.15, 0.2) is 0 Å². The van der Waals surface area contributed by atoms with Gasteiger partial charge >= 0.3 is 6.03 Å². The summed E-state index contributed by atoms with van der Waals surface area (Å²) in [6.07, 6.45) is 2.94. The molecule has 0 atom stereocenters. The summed E-state index contributed by atoms with van der Waals surface area (Å²) in [5.41, 5.74) is 3.79. The summed E-state index contributed by atoms with van der Waals surface area (Å²) in [5.74, 6) is 0. The molecule has 140 valence electrons. The van der Waals surface area contributed by atoms with Gasteiger partial charge in [0.25, 0.3) is 0 Å². The summed E-state index contributed by atoms with van der Waals surface area (Å²) >= 11 is 0. The van der Waals surface area contributed by atoms with Crippen molar-refractivity contribution in [3.05, 3.63) is 17.0 Å². The molecule has 2 amide bonds. The van der Waals surface area contributed by atoms with Crippen molar-refractivity contribution in [2.24, 2.45) is 0 Å². The van der Waals surface area contributed by atoms with E-state index in [2.05, 4.69) is 28.7 Å². The zero-order valence-corrected chi connectivity index (χ0v) is 15.6. The van der Waals surface area contributed by atoms with Crippen LogP contribution in [0.25, 0.3) is 0 Å². The topological polar surface area (TPSA) is 62.6 Å². The Balaban J connectivity index is 1.61. The molecule has 2 aliphatic rings. The number of aromatic nitrogens is 2. The van der Waals surface area contributed by atoms with E-state index in [1.54, 1.807) is 0 Å². The van der Waals surface area contributed by atoms with Crippen LogP contribution < -0.4 is 5.32 Å². The molecule has 2 aliphatic heterocycles. The number of carbonyl (C=O) groups excluding carboxylic acids is 1. The third-order valence-electron chi connectivity index (χ3n) is 5.05. The lowest BCUT2D eigenvalue weighted by atomic mass is 10.1. The maximum absolute atomic E-state index is 12.2. The molecule has 3 rings (SSSR count). The van der Waals surface area contributed by atoms with Crippen LogP contribution >= 0.6 is 0 Å². The lowest BCUT2D eigenvalue weighted by Gasteiger charge is -2.22. The zero-order chi connectivity index (χ0) is 17.6. The minimum absolute atomic E-state index is 0.0738. The second kappa shape index (κ2) is 8.67. The van der Waals surface area contributed by atoms with Gasteiger partial charge in [-0.3, -0.25) is 9.58 Å². The van der Waals surface area contributed by atoms with Crippen molar-refractivity contribution in [3.63, 3.8) is 0 Å². The van der Waals surface area contributed by atoms with E-state index in [4.69, 9.17) is 9.84 Å². The summed E-state index contributed by atoms with van der Waals surface area (Å²) in [6.45, 7) is 11.7. The van der Waals surface area contributed by atoms with Gasteiger partial charge in [0.15, 0.2) is 0 Å². The zero-order valence-electron chi connectivity index (χ0n) is 15.6. The molecule has 7 nitrogen and oxygen atoms in total. The van der Waals surface area contributed by atoms with Crippen molar-refractivity contribution >= 4 is 6.03 Å². The van der Waals surface area contributed by atoms with Crippen LogP contribution in [-0.2, 0) is 30.9 Å². The van der Waals surface area contributed by atoms with Crippen LogP contribution in [0, 0.1) is 0 Å². The highest BCUT2D eigenvalue weighted by atomic mass is 16.5. The number of hydrogen-bond donors (Lipinski definition) is 1. The fourth-order valence-electron chi connectivity index (χ4n) is 3.65. The Kier molecular flexibility index (Phi) is 6.31. The quantitative estimate of drug-likeness (QED) is 0.877. The van der Waals surface area contributed by atoms with Gasteiger partial charge in [-0.2, -0.15) is 5.10 Å². The SMILES string of the molecule is CCCNC(=O)N1CCCN(Cc2nn(CC)c3c2COCC3)CC1. The second-order valence-corrected chi connectivity index (χ2v) is 6.84. The predicted molar refractivity (Wildman–Crippen MR) is 96.4 cm³/mol. The largest absolute Gasteiger partial charge is 0.376 e. The smallest absolute Gasteiger partial charge is 0.317 e. The lowest BCUT2D eigenvalue weighted by Crippen LogP contribution is -2.42. The molecular weight excluding hydrogens is 318 g/mol. The van der Waals surface area contributed by atoms with Crippen molar-refractivity contribution in [3.8, 4) is 0 Å². The molecule has 0 spiro atoms. The Hall–Kier alpha value is -1.60. The molecular formula is C18H31N5O2. The number of ether oxygens (including phenoxy) is 1. The summed E-state index contributed by atoms with van der Waals surface area (Å²) in [6, 6.07) is 0.0738. The highest BCUT2D eigenvalue weighted by Crippen LogP contribution is 2.22. The first-order chi connectivity index (χ1) is 12.2. The number of urea groups is 1. The van der Waals surface area contributed by atoms with E-state index in [0.717, 1.165) is 77.4 Å². The van der Waals surface area contributed by atoms with Gasteiger partial charge in [0.2, 0.25) is 0 Å². The molecule has 0 aromatic carbocycles. The first-order valence-electron chi connectivity index (χ1n) is 9.63. The van der Waals surface area contributed by atoms with Gasteiger partial charge < -0.3 is 15.0 Å². The first-order valence-corrected chi connectivity index (χ1v) is 9.63. The van der Waals surface area contributed by atoms with Crippen LogP contribution in [-0.4, -0.2) is 64.9 Å². The molecule has 0 unspecified atom stereocenters. The number of rotatable bonds is 5. The van der Waals surface area contributed by atoms with E-state index in [-0.39, 0.29) is 6.03 Å². The van der Waals surface area contributed by atoms with Crippen LogP contribution in [0.1, 0.15) is 43.6 Å². The fraction of sp³-hybridized carbons (Fsp3) is 0.778. The van der Waals surface area contributed by atoms with Gasteiger partial charge in [0.1, 0.15) is 0 Å². The van der Waals surface area contributed by atoms with Gasteiger partial charge in [0.05, 0.1) is 18.9 Å². The highest BCUT2D eigenvalue weighted by Gasteiger charge is 2.24. The summed E-state index contributed by atoms with van der Waals surface area (Å²) in [4.78, 5) is 16.5. The van der Waals surface area contributed by atoms with Crippen LogP contribution in [0.4, 0.5) is 4.79 Å². The Labute approximate surface area is 150 Å². The molecule has 7 heteroatoms. The van der Waals surface area contributed by atoms with Gasteiger partial charge in [-0.25, -0.2) is 4.79 Å². The molecule has 3 heterocycles. The molecule has 1 saturated heterocycles. The molecule has 1 aromatic heterocycles. The average molecular weight is 349 g/mol. The molecule has 0 bridgehead atoms.